The first-order valence-electron chi connectivity index (χ1n) is 7.43. The van der Waals surface area contributed by atoms with Gasteiger partial charge in [-0.2, -0.15) is 0 Å². The second-order valence-electron chi connectivity index (χ2n) is 5.20. The first-order chi connectivity index (χ1) is 12.0. The molecule has 0 atom stereocenters. The second-order valence-corrected chi connectivity index (χ2v) is 6.64. The second kappa shape index (κ2) is 7.46. The molecule has 7 heteroatoms. The summed E-state index contributed by atoms with van der Waals surface area (Å²) in [5.41, 5.74) is 1.95. The minimum Gasteiger partial charge on any atom is -0.316 e. The molecule has 0 fully saturated rings. The quantitative estimate of drug-likeness (QED) is 0.699. The Kier molecular flexibility index (Phi) is 5.11. The number of thiazole rings is 1. The lowest BCUT2D eigenvalue weighted by molar-refractivity contribution is -0.114. The molecule has 1 aromatic heterocycles. The van der Waals surface area contributed by atoms with E-state index in [0.717, 1.165) is 5.56 Å². The van der Waals surface area contributed by atoms with Gasteiger partial charge in [0.2, 0.25) is 5.91 Å². The third-order valence-electron chi connectivity index (χ3n) is 3.29. The van der Waals surface area contributed by atoms with Gasteiger partial charge in [0.25, 0.3) is 5.91 Å². The summed E-state index contributed by atoms with van der Waals surface area (Å²) in [6.45, 7) is 1.43. The van der Waals surface area contributed by atoms with Crippen molar-refractivity contribution in [3.8, 4) is 11.3 Å². The average molecular weight is 372 g/mol. The van der Waals surface area contributed by atoms with E-state index in [4.69, 9.17) is 11.6 Å². The summed E-state index contributed by atoms with van der Waals surface area (Å²) >= 11 is 7.04. The SMILES string of the molecule is CC(=O)Nc1sc(NC(=O)c2ccc(Cl)cc2)nc1-c1ccccc1. The van der Waals surface area contributed by atoms with Crippen LogP contribution in [0.25, 0.3) is 11.3 Å². The lowest BCUT2D eigenvalue weighted by atomic mass is 10.2. The maximum atomic E-state index is 12.3. The number of amides is 2. The molecule has 2 N–H and O–H groups in total. The minimum atomic E-state index is -0.292. The zero-order valence-corrected chi connectivity index (χ0v) is 14.8. The highest BCUT2D eigenvalue weighted by molar-refractivity contribution is 7.20. The van der Waals surface area contributed by atoms with Gasteiger partial charge in [0.05, 0.1) is 0 Å². The Balaban J connectivity index is 1.89. The summed E-state index contributed by atoms with van der Waals surface area (Å²) in [6.07, 6.45) is 0. The molecule has 0 spiro atoms. The molecule has 0 saturated heterocycles. The summed E-state index contributed by atoms with van der Waals surface area (Å²) in [6, 6.07) is 16.0. The van der Waals surface area contributed by atoms with Crippen LogP contribution < -0.4 is 10.6 Å². The fraction of sp³-hybridized carbons (Fsp3) is 0.0556. The minimum absolute atomic E-state index is 0.198. The van der Waals surface area contributed by atoms with Crippen LogP contribution in [-0.4, -0.2) is 16.8 Å². The van der Waals surface area contributed by atoms with E-state index >= 15 is 0 Å². The molecule has 0 aliphatic heterocycles. The molecule has 2 aromatic carbocycles. The molecule has 1 heterocycles. The zero-order chi connectivity index (χ0) is 17.8. The fourth-order valence-electron chi connectivity index (χ4n) is 2.18. The smallest absolute Gasteiger partial charge is 0.257 e. The molecule has 2 amide bonds. The van der Waals surface area contributed by atoms with E-state index in [1.165, 1.54) is 18.3 Å². The highest BCUT2D eigenvalue weighted by atomic mass is 35.5. The number of hydrogen-bond acceptors (Lipinski definition) is 4. The number of anilines is 2. The monoisotopic (exact) mass is 371 g/mol. The predicted molar refractivity (Wildman–Crippen MR) is 101 cm³/mol. The van der Waals surface area contributed by atoms with Gasteiger partial charge in [0.1, 0.15) is 10.7 Å². The topological polar surface area (TPSA) is 71.1 Å². The van der Waals surface area contributed by atoms with Gasteiger partial charge in [-0.3, -0.25) is 14.9 Å². The van der Waals surface area contributed by atoms with E-state index < -0.39 is 0 Å². The molecular weight excluding hydrogens is 358 g/mol. The number of hydrogen-bond donors (Lipinski definition) is 2. The van der Waals surface area contributed by atoms with Crippen LogP contribution in [0, 0.1) is 0 Å². The Hall–Kier alpha value is -2.70. The molecule has 0 aliphatic rings. The van der Waals surface area contributed by atoms with Crippen molar-refractivity contribution in [1.29, 1.82) is 0 Å². The van der Waals surface area contributed by atoms with Crippen LogP contribution in [0.3, 0.4) is 0 Å². The van der Waals surface area contributed by atoms with Crippen molar-refractivity contribution in [2.75, 3.05) is 10.6 Å². The molecule has 0 radical (unpaired) electrons. The van der Waals surface area contributed by atoms with Gasteiger partial charge in [-0.25, -0.2) is 4.98 Å². The van der Waals surface area contributed by atoms with Crippen molar-refractivity contribution < 1.29 is 9.59 Å². The molecule has 0 unspecified atom stereocenters. The van der Waals surface area contributed by atoms with Gasteiger partial charge in [-0.1, -0.05) is 53.3 Å². The fourth-order valence-corrected chi connectivity index (χ4v) is 3.24. The average Bonchev–Trinajstić information content (AvgIpc) is 2.97. The van der Waals surface area contributed by atoms with Crippen LogP contribution in [0.15, 0.2) is 54.6 Å². The largest absolute Gasteiger partial charge is 0.316 e. The Bertz CT molecular complexity index is 908. The number of carbonyl (C=O) groups excluding carboxylic acids is 2. The number of carbonyl (C=O) groups is 2. The number of benzene rings is 2. The van der Waals surface area contributed by atoms with Crippen molar-refractivity contribution in [2.24, 2.45) is 0 Å². The lowest BCUT2D eigenvalue weighted by Gasteiger charge is -2.01. The van der Waals surface area contributed by atoms with Gasteiger partial charge >= 0.3 is 0 Å². The molecule has 3 aromatic rings. The molecule has 0 bridgehead atoms. The highest BCUT2D eigenvalue weighted by Crippen LogP contribution is 2.36. The summed E-state index contributed by atoms with van der Waals surface area (Å²) in [4.78, 5) is 28.2. The summed E-state index contributed by atoms with van der Waals surface area (Å²) in [5, 5.41) is 7.07. The molecule has 3 rings (SSSR count). The summed E-state index contributed by atoms with van der Waals surface area (Å²) in [7, 11) is 0. The van der Waals surface area contributed by atoms with Crippen molar-refractivity contribution in [3.05, 3.63) is 65.2 Å². The molecule has 0 aliphatic carbocycles. The molecule has 0 saturated carbocycles. The zero-order valence-electron chi connectivity index (χ0n) is 13.2. The normalized spacial score (nSPS) is 10.3. The van der Waals surface area contributed by atoms with Gasteiger partial charge < -0.3 is 5.32 Å². The Morgan fingerprint density at radius 3 is 2.32 bits per heavy atom. The van der Waals surface area contributed by atoms with Gasteiger partial charge in [0, 0.05) is 23.1 Å². The van der Waals surface area contributed by atoms with E-state index in [1.807, 2.05) is 30.3 Å². The molecule has 5 nitrogen and oxygen atoms in total. The third kappa shape index (κ3) is 4.23. The standard InChI is InChI=1S/C18H14ClN3O2S/c1-11(23)20-17-15(12-5-3-2-4-6-12)21-18(25-17)22-16(24)13-7-9-14(19)10-8-13/h2-10H,1H3,(H,20,23)(H,21,22,24). The maximum absolute atomic E-state index is 12.3. The molecular formula is C18H14ClN3O2S. The van der Waals surface area contributed by atoms with E-state index in [9.17, 15) is 9.59 Å². The number of rotatable bonds is 4. The van der Waals surface area contributed by atoms with Crippen molar-refractivity contribution in [1.82, 2.24) is 4.98 Å². The van der Waals surface area contributed by atoms with Crippen LogP contribution in [0.5, 0.6) is 0 Å². The predicted octanol–water partition coefficient (Wildman–Crippen LogP) is 4.67. The van der Waals surface area contributed by atoms with E-state index in [0.29, 0.717) is 26.4 Å². The first kappa shape index (κ1) is 17.1. The molecule has 25 heavy (non-hydrogen) atoms. The van der Waals surface area contributed by atoms with Crippen LogP contribution in [0.2, 0.25) is 5.02 Å². The van der Waals surface area contributed by atoms with Crippen LogP contribution >= 0.6 is 22.9 Å². The number of nitrogens with one attached hydrogen (secondary N) is 2. The summed E-state index contributed by atoms with van der Waals surface area (Å²) in [5.74, 6) is -0.490. The van der Waals surface area contributed by atoms with E-state index in [1.54, 1.807) is 24.3 Å². The Morgan fingerprint density at radius 1 is 1.00 bits per heavy atom. The van der Waals surface area contributed by atoms with E-state index in [-0.39, 0.29) is 11.8 Å². The number of halogens is 1. The highest BCUT2D eigenvalue weighted by Gasteiger charge is 2.16. The Morgan fingerprint density at radius 2 is 1.68 bits per heavy atom. The van der Waals surface area contributed by atoms with E-state index in [2.05, 4.69) is 15.6 Å². The van der Waals surface area contributed by atoms with Gasteiger partial charge in [-0.15, -0.1) is 0 Å². The van der Waals surface area contributed by atoms with Crippen molar-refractivity contribution >= 4 is 44.9 Å². The lowest BCUT2D eigenvalue weighted by Crippen LogP contribution is -2.11. The molecule has 126 valence electrons. The van der Waals surface area contributed by atoms with Gasteiger partial charge in [-0.05, 0) is 24.3 Å². The first-order valence-corrected chi connectivity index (χ1v) is 8.63. The van der Waals surface area contributed by atoms with Crippen molar-refractivity contribution in [3.63, 3.8) is 0 Å². The third-order valence-corrected chi connectivity index (χ3v) is 4.43. The number of aromatic nitrogens is 1. The summed E-state index contributed by atoms with van der Waals surface area (Å²) < 4.78 is 0. The number of nitrogens with zero attached hydrogens (tertiary/aromatic N) is 1. The van der Waals surface area contributed by atoms with Crippen LogP contribution in [0.1, 0.15) is 17.3 Å². The maximum Gasteiger partial charge on any atom is 0.257 e. The van der Waals surface area contributed by atoms with Crippen molar-refractivity contribution in [2.45, 2.75) is 6.92 Å². The van der Waals surface area contributed by atoms with Crippen LogP contribution in [-0.2, 0) is 4.79 Å². The van der Waals surface area contributed by atoms with Gasteiger partial charge in [0.15, 0.2) is 5.13 Å². The van der Waals surface area contributed by atoms with Crippen LogP contribution in [0.4, 0.5) is 10.1 Å². The Labute approximate surface area is 153 Å².